The Hall–Kier alpha value is -3.01. The first-order valence-corrected chi connectivity index (χ1v) is 10.5. The van der Waals surface area contributed by atoms with E-state index in [1.807, 2.05) is 0 Å². The minimum absolute atomic E-state index is 0.0145. The van der Waals surface area contributed by atoms with Gasteiger partial charge in [0.25, 0.3) is 0 Å². The van der Waals surface area contributed by atoms with Crippen molar-refractivity contribution in [3.8, 4) is 0 Å². The van der Waals surface area contributed by atoms with Crippen molar-refractivity contribution in [3.63, 3.8) is 0 Å². The summed E-state index contributed by atoms with van der Waals surface area (Å²) in [6, 6.07) is 3.42. The minimum Gasteiger partial charge on any atom is -0.463 e. The van der Waals surface area contributed by atoms with Crippen LogP contribution in [0.15, 0.2) is 46.0 Å². The number of esters is 2. The summed E-state index contributed by atoms with van der Waals surface area (Å²) in [6.45, 7) is 4.98. The Morgan fingerprint density at radius 2 is 2.16 bits per heavy atom. The predicted molar refractivity (Wildman–Crippen MR) is 115 cm³/mol. The highest BCUT2D eigenvalue weighted by Crippen LogP contribution is 2.35. The molecule has 0 saturated carbocycles. The van der Waals surface area contributed by atoms with Gasteiger partial charge in [-0.3, -0.25) is 4.99 Å². The van der Waals surface area contributed by atoms with Gasteiger partial charge in [-0.05, 0) is 50.4 Å². The summed E-state index contributed by atoms with van der Waals surface area (Å²) in [4.78, 5) is 34.0. The third-order valence-electron chi connectivity index (χ3n) is 4.61. The molecule has 0 amide bonds. The lowest BCUT2D eigenvalue weighted by atomic mass is 9.88. The van der Waals surface area contributed by atoms with Gasteiger partial charge >= 0.3 is 11.9 Å². The van der Waals surface area contributed by atoms with Crippen molar-refractivity contribution >= 4 is 37.0 Å². The Labute approximate surface area is 184 Å². The highest BCUT2D eigenvalue weighted by molar-refractivity contribution is 7.11. The molecule has 0 fully saturated rings. The number of nitrogens with one attached hydrogen (secondary N) is 1. The fraction of sp³-hybridized carbons (Fsp3) is 0.333. The zero-order valence-corrected chi connectivity index (χ0v) is 18.2. The number of aliphatic imine (C=N–C) groups is 1. The number of carbonyl (C=O) groups excluding carboxylic acids is 2. The number of thiazole rings is 1. The predicted octanol–water partition coefficient (Wildman–Crippen LogP) is 3.02. The highest BCUT2D eigenvalue weighted by atomic mass is 32.1. The maximum absolute atomic E-state index is 13.7. The van der Waals surface area contributed by atoms with Gasteiger partial charge in [0.05, 0.1) is 20.0 Å². The average molecular weight is 441 g/mol. The molecule has 31 heavy (non-hydrogen) atoms. The zero-order chi connectivity index (χ0) is 22.5. The first kappa shape index (κ1) is 22.7. The fourth-order valence-electron chi connectivity index (χ4n) is 3.15. The van der Waals surface area contributed by atoms with Crippen LogP contribution in [0, 0.1) is 12.7 Å². The molecular weight excluding hydrogens is 420 g/mol. The number of rotatable bonds is 7. The van der Waals surface area contributed by atoms with Crippen molar-refractivity contribution in [2.75, 3.05) is 6.61 Å². The van der Waals surface area contributed by atoms with Crippen LogP contribution in [0.4, 0.5) is 4.39 Å². The van der Waals surface area contributed by atoms with E-state index in [2.05, 4.69) is 15.3 Å². The third-order valence-corrected chi connectivity index (χ3v) is 5.39. The Morgan fingerprint density at radius 3 is 2.77 bits per heavy atom. The number of nitrogens with zero attached hydrogens (tertiary/aromatic N) is 2. The van der Waals surface area contributed by atoms with Crippen LogP contribution in [0.25, 0.3) is 0 Å². The molecule has 10 heteroatoms. The maximum Gasteiger partial charge on any atom is 0.347 e. The second-order valence-electron chi connectivity index (χ2n) is 6.74. The molecular formula is C21H21BFN3O4S. The lowest BCUT2D eigenvalue weighted by molar-refractivity contribution is -0.164. The summed E-state index contributed by atoms with van der Waals surface area (Å²) in [5.74, 6) is -1.37. The van der Waals surface area contributed by atoms with E-state index in [0.29, 0.717) is 27.7 Å². The van der Waals surface area contributed by atoms with Crippen LogP contribution in [0.3, 0.4) is 0 Å². The third kappa shape index (κ3) is 5.01. The fourth-order valence-corrected chi connectivity index (χ4v) is 3.74. The molecule has 160 valence electrons. The van der Waals surface area contributed by atoms with Crippen molar-refractivity contribution in [2.24, 2.45) is 4.99 Å². The topological polar surface area (TPSA) is 89.9 Å². The molecule has 1 aromatic heterocycles. The number of hydrogen-bond acceptors (Lipinski definition) is 8. The largest absolute Gasteiger partial charge is 0.463 e. The molecule has 0 saturated heterocycles. The lowest BCUT2D eigenvalue weighted by Gasteiger charge is -2.28. The van der Waals surface area contributed by atoms with Crippen LogP contribution >= 0.6 is 11.3 Å². The Morgan fingerprint density at radius 1 is 1.39 bits per heavy atom. The van der Waals surface area contributed by atoms with Gasteiger partial charge in [-0.1, -0.05) is 6.07 Å². The van der Waals surface area contributed by atoms with Crippen LogP contribution in [0.5, 0.6) is 0 Å². The second kappa shape index (κ2) is 9.87. The number of ether oxygens (including phenoxy) is 2. The van der Waals surface area contributed by atoms with Crippen LogP contribution in [0.2, 0.25) is 6.32 Å². The summed E-state index contributed by atoms with van der Waals surface area (Å²) < 4.78 is 24.0. The van der Waals surface area contributed by atoms with Crippen molar-refractivity contribution in [2.45, 2.75) is 39.2 Å². The number of benzene rings is 1. The van der Waals surface area contributed by atoms with Crippen LogP contribution in [-0.4, -0.2) is 43.3 Å². The SMILES string of the molecule is [B]CC1=C(C(=O)O[C@H](C)C(=O)OCC)[C@H](c2ccc(F)cc2C)N=C(c2nccs2)N1. The van der Waals surface area contributed by atoms with Gasteiger partial charge in [-0.2, -0.15) is 0 Å². The van der Waals surface area contributed by atoms with Gasteiger partial charge < -0.3 is 14.8 Å². The van der Waals surface area contributed by atoms with Gasteiger partial charge in [0.1, 0.15) is 11.9 Å². The van der Waals surface area contributed by atoms with E-state index in [4.69, 9.17) is 17.3 Å². The molecule has 1 aromatic carbocycles. The number of aromatic nitrogens is 1. The Bertz CT molecular complexity index is 1040. The number of hydrogen-bond donors (Lipinski definition) is 1. The van der Waals surface area contributed by atoms with Gasteiger partial charge in [0, 0.05) is 17.3 Å². The molecule has 2 heterocycles. The van der Waals surface area contributed by atoms with Gasteiger partial charge in [-0.25, -0.2) is 19.0 Å². The van der Waals surface area contributed by atoms with Crippen molar-refractivity contribution < 1.29 is 23.5 Å². The van der Waals surface area contributed by atoms with E-state index in [1.54, 1.807) is 31.5 Å². The summed E-state index contributed by atoms with van der Waals surface area (Å²) in [7, 11) is 5.94. The van der Waals surface area contributed by atoms with Crippen LogP contribution in [-0.2, 0) is 19.1 Å². The number of allylic oxidation sites excluding steroid dienone is 1. The number of aryl methyl sites for hydroxylation is 1. The summed E-state index contributed by atoms with van der Waals surface area (Å²) in [5, 5.41) is 5.47. The average Bonchev–Trinajstić information content (AvgIpc) is 3.27. The van der Waals surface area contributed by atoms with E-state index in [-0.39, 0.29) is 18.5 Å². The molecule has 0 bridgehead atoms. The van der Waals surface area contributed by atoms with Gasteiger partial charge in [0.15, 0.2) is 16.9 Å². The molecule has 2 atom stereocenters. The minimum atomic E-state index is -1.11. The molecule has 0 unspecified atom stereocenters. The number of amidine groups is 1. The molecule has 2 radical (unpaired) electrons. The van der Waals surface area contributed by atoms with E-state index in [0.717, 1.165) is 0 Å². The lowest BCUT2D eigenvalue weighted by Crippen LogP contribution is -2.35. The van der Waals surface area contributed by atoms with Crippen molar-refractivity contribution in [3.05, 3.63) is 63.0 Å². The molecule has 1 aliphatic heterocycles. The summed E-state index contributed by atoms with van der Waals surface area (Å²) >= 11 is 1.37. The van der Waals surface area contributed by atoms with E-state index in [9.17, 15) is 14.0 Å². The normalized spacial score (nSPS) is 16.9. The standard InChI is InChI=1S/C21H21BFN3O4S/c1-4-29-20(27)12(3)30-21(28)16-15(10-22)25-18(19-24-7-8-31-19)26-17(16)14-6-5-13(23)9-11(14)2/h5-9,12,17H,4,10H2,1-3H3,(H,25,26)/t12-,17+/m1/s1. The van der Waals surface area contributed by atoms with Crippen molar-refractivity contribution in [1.82, 2.24) is 10.3 Å². The van der Waals surface area contributed by atoms with Crippen LogP contribution in [0.1, 0.15) is 36.0 Å². The molecule has 2 aromatic rings. The first-order chi connectivity index (χ1) is 14.8. The quantitative estimate of drug-likeness (QED) is 0.525. The summed E-state index contributed by atoms with van der Waals surface area (Å²) in [5.41, 5.74) is 1.75. The molecule has 7 nitrogen and oxygen atoms in total. The highest BCUT2D eigenvalue weighted by Gasteiger charge is 2.34. The molecule has 0 spiro atoms. The van der Waals surface area contributed by atoms with E-state index in [1.165, 1.54) is 30.4 Å². The van der Waals surface area contributed by atoms with Gasteiger partial charge in [0.2, 0.25) is 0 Å². The maximum atomic E-state index is 13.7. The Kier molecular flexibility index (Phi) is 7.22. The van der Waals surface area contributed by atoms with Crippen molar-refractivity contribution in [1.29, 1.82) is 0 Å². The molecule has 3 rings (SSSR count). The van der Waals surface area contributed by atoms with Gasteiger partial charge in [-0.15, -0.1) is 11.3 Å². The molecule has 1 N–H and O–H groups in total. The van der Waals surface area contributed by atoms with E-state index >= 15 is 0 Å². The first-order valence-electron chi connectivity index (χ1n) is 9.67. The zero-order valence-electron chi connectivity index (χ0n) is 17.3. The smallest absolute Gasteiger partial charge is 0.347 e. The molecule has 0 aliphatic carbocycles. The monoisotopic (exact) mass is 441 g/mol. The summed E-state index contributed by atoms with van der Waals surface area (Å²) in [6.07, 6.45) is 0.511. The second-order valence-corrected chi connectivity index (χ2v) is 7.63. The number of halogens is 1. The number of carbonyl (C=O) groups is 2. The molecule has 1 aliphatic rings. The Balaban J connectivity index is 2.05. The van der Waals surface area contributed by atoms with E-state index < -0.39 is 29.9 Å². The van der Waals surface area contributed by atoms with Crippen LogP contribution < -0.4 is 5.32 Å².